The lowest BCUT2D eigenvalue weighted by molar-refractivity contribution is 0.596. The van der Waals surface area contributed by atoms with Crippen LogP contribution >= 0.6 is 0 Å². The van der Waals surface area contributed by atoms with Gasteiger partial charge in [-0.3, -0.25) is 0 Å². The van der Waals surface area contributed by atoms with Gasteiger partial charge in [0.25, 0.3) is 20.0 Å². The maximum atomic E-state index is 11.4. The highest BCUT2D eigenvalue weighted by molar-refractivity contribution is 7.90. The number of hydrogen-bond donors (Lipinski definition) is 6. The van der Waals surface area contributed by atoms with Crippen molar-refractivity contribution in [2.24, 2.45) is 31.7 Å². The monoisotopic (exact) mass is 428 g/mol. The summed E-state index contributed by atoms with van der Waals surface area (Å²) >= 11 is 0. The molecule has 12 nitrogen and oxygen atoms in total. The molecule has 2 aromatic rings. The lowest BCUT2D eigenvalue weighted by Gasteiger charge is -1.99. The lowest BCUT2D eigenvalue weighted by atomic mass is 10.3. The third-order valence-corrected chi connectivity index (χ3v) is 5.45. The van der Waals surface area contributed by atoms with Gasteiger partial charge in [0.15, 0.2) is 0 Å². The molecule has 0 amide bonds. The van der Waals surface area contributed by atoms with Crippen molar-refractivity contribution >= 4 is 43.3 Å². The first-order valence-electron chi connectivity index (χ1n) is 7.26. The molecule has 28 heavy (non-hydrogen) atoms. The molecule has 14 heteroatoms. The highest BCUT2D eigenvalue weighted by atomic mass is 32.2. The molecule has 2 rings (SSSR count). The third kappa shape index (κ3) is 7.00. The van der Waals surface area contributed by atoms with E-state index in [2.05, 4.69) is 8.80 Å². The second kappa shape index (κ2) is 8.92. The lowest BCUT2D eigenvalue weighted by Crippen LogP contribution is -2.24. The van der Waals surface area contributed by atoms with E-state index in [-0.39, 0.29) is 9.79 Å². The molecule has 0 atom stereocenters. The summed E-state index contributed by atoms with van der Waals surface area (Å²) in [7, 11) is -7.59. The first-order chi connectivity index (χ1) is 12.8. The van der Waals surface area contributed by atoms with E-state index in [0.717, 1.165) is 0 Å². The Kier molecular flexibility index (Phi) is 7.17. The molecule has 0 saturated carbocycles. The van der Waals surface area contributed by atoms with Crippen LogP contribution in [-0.4, -0.2) is 28.8 Å². The van der Waals surface area contributed by atoms with Crippen LogP contribution in [0.15, 0.2) is 67.1 Å². The van der Waals surface area contributed by atoms with Crippen LogP contribution in [0, 0.1) is 0 Å². The Bertz CT molecular complexity index is 980. The van der Waals surface area contributed by atoms with E-state index >= 15 is 0 Å². The molecule has 0 bridgehead atoms. The van der Waals surface area contributed by atoms with E-state index < -0.39 is 32.0 Å². The summed E-state index contributed by atoms with van der Waals surface area (Å²) in [4.78, 5) is 0.000185. The van der Waals surface area contributed by atoms with Crippen molar-refractivity contribution in [1.82, 2.24) is 0 Å². The number of anilines is 2. The maximum Gasteiger partial charge on any atom is 0.285 e. The molecule has 0 aliphatic heterocycles. The van der Waals surface area contributed by atoms with Crippen molar-refractivity contribution in [2.45, 2.75) is 9.79 Å². The molecule has 0 aromatic heterocycles. The van der Waals surface area contributed by atoms with E-state index in [1.807, 2.05) is 0 Å². The van der Waals surface area contributed by atoms with Gasteiger partial charge in [-0.05, 0) is 48.5 Å². The van der Waals surface area contributed by atoms with Gasteiger partial charge >= 0.3 is 0 Å². The fourth-order valence-electron chi connectivity index (χ4n) is 1.66. The zero-order valence-electron chi connectivity index (χ0n) is 14.4. The van der Waals surface area contributed by atoms with Crippen LogP contribution in [0.2, 0.25) is 0 Å². The smallest absolute Gasteiger partial charge is 0.285 e. The number of nitrogens with zero attached hydrogens (tertiary/aromatic N) is 2. The van der Waals surface area contributed by atoms with Gasteiger partial charge in [0.05, 0.1) is 9.79 Å². The fraction of sp³-hybridized carbons (Fsp3) is 0. The summed E-state index contributed by atoms with van der Waals surface area (Å²) < 4.78 is 51.7. The Labute approximate surface area is 162 Å². The molecule has 0 saturated heterocycles. The Morgan fingerprint density at radius 3 is 1.04 bits per heavy atom. The van der Waals surface area contributed by atoms with Crippen molar-refractivity contribution in [2.75, 3.05) is 11.5 Å². The summed E-state index contributed by atoms with van der Waals surface area (Å²) in [6, 6.07) is 11.1. The van der Waals surface area contributed by atoms with Crippen molar-refractivity contribution in [3.05, 3.63) is 48.5 Å². The van der Waals surface area contributed by atoms with Gasteiger partial charge < -0.3 is 34.4 Å². The summed E-state index contributed by atoms with van der Waals surface area (Å²) in [6.45, 7) is 0. The van der Waals surface area contributed by atoms with E-state index in [0.29, 0.717) is 11.4 Å². The third-order valence-electron chi connectivity index (χ3n) is 2.81. The van der Waals surface area contributed by atoms with E-state index in [4.69, 9.17) is 34.4 Å². The fourth-order valence-corrected chi connectivity index (χ4v) is 3.39. The maximum absolute atomic E-state index is 11.4. The number of rotatable bonds is 4. The summed E-state index contributed by atoms with van der Waals surface area (Å²) in [5.74, 6) is -0.997. The predicted molar refractivity (Wildman–Crippen MR) is 108 cm³/mol. The average molecular weight is 429 g/mol. The van der Waals surface area contributed by atoms with Gasteiger partial charge in [-0.25, -0.2) is 0 Å². The van der Waals surface area contributed by atoms with Gasteiger partial charge in [0.2, 0.25) is 11.9 Å². The summed E-state index contributed by atoms with van der Waals surface area (Å²) in [6.07, 6.45) is 0. The quantitative estimate of drug-likeness (QED) is 0.186. The highest BCUT2D eigenvalue weighted by Gasteiger charge is 2.12. The van der Waals surface area contributed by atoms with Crippen molar-refractivity contribution in [1.29, 1.82) is 0 Å². The van der Waals surface area contributed by atoms with E-state index in [1.54, 1.807) is 0 Å². The van der Waals surface area contributed by atoms with Crippen LogP contribution in [0.1, 0.15) is 0 Å². The van der Waals surface area contributed by atoms with Crippen molar-refractivity contribution in [3.63, 3.8) is 0 Å². The topological polar surface area (TPSA) is 249 Å². The van der Waals surface area contributed by atoms with Crippen LogP contribution < -0.4 is 34.4 Å². The normalized spacial score (nSPS) is 10.9. The van der Waals surface area contributed by atoms with Gasteiger partial charge in [0, 0.05) is 11.4 Å². The Morgan fingerprint density at radius 1 is 0.571 bits per heavy atom. The standard InChI is InChI=1S/2C7H10N4O2S/c2*8-5-1-3-6(4-2-5)14(12,13)11-7(9)10/h2*1-4H,8H2,(H4,9,10,11). The highest BCUT2D eigenvalue weighted by Crippen LogP contribution is 2.14. The molecular formula is C14H20N8O4S2. The molecule has 0 aliphatic rings. The molecule has 2 aromatic carbocycles. The van der Waals surface area contributed by atoms with Crippen molar-refractivity contribution in [3.8, 4) is 0 Å². The van der Waals surface area contributed by atoms with Crippen LogP contribution in [0.25, 0.3) is 0 Å². The van der Waals surface area contributed by atoms with Gasteiger partial charge in [0.1, 0.15) is 0 Å². The minimum atomic E-state index is -3.79. The number of nitrogen functional groups attached to an aromatic ring is 2. The Hall–Kier alpha value is -3.52. The number of hydrogen-bond acceptors (Lipinski definition) is 6. The zero-order chi connectivity index (χ0) is 21.5. The zero-order valence-corrected chi connectivity index (χ0v) is 16.1. The minimum Gasteiger partial charge on any atom is -0.399 e. The Morgan fingerprint density at radius 2 is 0.821 bits per heavy atom. The van der Waals surface area contributed by atoms with Crippen LogP contribution in [-0.2, 0) is 20.0 Å². The van der Waals surface area contributed by atoms with Gasteiger partial charge in [-0.2, -0.15) is 16.8 Å². The molecule has 152 valence electrons. The first-order valence-corrected chi connectivity index (χ1v) is 10.1. The SMILES string of the molecule is NC(N)=NS(=O)(=O)c1ccc(N)cc1.NC(N)=NS(=O)(=O)c1ccc(N)cc1. The second-order valence-corrected chi connectivity index (χ2v) is 8.33. The van der Waals surface area contributed by atoms with E-state index in [9.17, 15) is 16.8 Å². The van der Waals surface area contributed by atoms with Gasteiger partial charge in [-0.1, -0.05) is 0 Å². The van der Waals surface area contributed by atoms with Crippen LogP contribution in [0.5, 0.6) is 0 Å². The molecule has 0 fully saturated rings. The molecule has 0 heterocycles. The number of guanidine groups is 2. The molecule has 0 aliphatic carbocycles. The molecular weight excluding hydrogens is 408 g/mol. The number of sulfonamides is 2. The van der Waals surface area contributed by atoms with Crippen LogP contribution in [0.3, 0.4) is 0 Å². The molecule has 0 unspecified atom stereocenters. The van der Waals surface area contributed by atoms with Gasteiger partial charge in [-0.15, -0.1) is 8.80 Å². The van der Waals surface area contributed by atoms with Crippen LogP contribution in [0.4, 0.5) is 11.4 Å². The number of nitrogens with two attached hydrogens (primary N) is 6. The summed E-state index contributed by atoms with van der Waals surface area (Å²) in [5, 5.41) is 0. The predicted octanol–water partition coefficient (Wildman–Crippen LogP) is -1.54. The van der Waals surface area contributed by atoms with Crippen molar-refractivity contribution < 1.29 is 16.8 Å². The molecule has 12 N–H and O–H groups in total. The molecule has 0 spiro atoms. The number of benzene rings is 2. The van der Waals surface area contributed by atoms with E-state index in [1.165, 1.54) is 48.5 Å². The largest absolute Gasteiger partial charge is 0.399 e. The second-order valence-electron chi connectivity index (χ2n) is 5.12. The average Bonchev–Trinajstić information content (AvgIpc) is 2.54. The molecule has 0 radical (unpaired) electrons. The minimum absolute atomic E-state index is 0.0000926. The first kappa shape index (κ1) is 22.5. The summed E-state index contributed by atoms with van der Waals surface area (Å²) in [5.41, 5.74) is 31.6. The Balaban J connectivity index is 0.000000280.